The molecule has 2 heterocycles. The summed E-state index contributed by atoms with van der Waals surface area (Å²) in [5, 5.41) is 14.0. The molecule has 0 atom stereocenters. The van der Waals surface area contributed by atoms with E-state index in [1.165, 1.54) is 16.8 Å². The number of benzene rings is 2. The third kappa shape index (κ3) is 2.16. The molecule has 2 aromatic rings. The Morgan fingerprint density at radius 1 is 1.12 bits per heavy atom. The van der Waals surface area contributed by atoms with E-state index in [-0.39, 0.29) is 17.0 Å². The lowest BCUT2D eigenvalue weighted by atomic mass is 10.1. The lowest BCUT2D eigenvalue weighted by Crippen LogP contribution is -2.14. The van der Waals surface area contributed by atoms with E-state index in [0.29, 0.717) is 16.8 Å². The van der Waals surface area contributed by atoms with Crippen molar-refractivity contribution in [1.29, 1.82) is 0 Å². The summed E-state index contributed by atoms with van der Waals surface area (Å²) in [4.78, 5) is 23.5. The Morgan fingerprint density at radius 2 is 1.88 bits per heavy atom. The molecule has 1 N–H and O–H groups in total. The van der Waals surface area contributed by atoms with Crippen LogP contribution in [0.4, 0.5) is 0 Å². The number of hydrogen-bond acceptors (Lipinski definition) is 4. The summed E-state index contributed by atoms with van der Waals surface area (Å²) >= 11 is 0. The fourth-order valence-electron chi connectivity index (χ4n) is 2.65. The largest absolute Gasteiger partial charge is 0.478 e. The normalized spacial score (nSPS) is 11.2. The molecular formula is C18H12N2O4. The molecule has 118 valence electrons. The Labute approximate surface area is 135 Å². The van der Waals surface area contributed by atoms with Crippen molar-refractivity contribution in [2.75, 3.05) is 0 Å². The maximum atomic E-state index is 12.6. The van der Waals surface area contributed by atoms with Crippen molar-refractivity contribution in [2.24, 2.45) is 0 Å². The van der Waals surface area contributed by atoms with Crippen molar-refractivity contribution in [2.45, 2.75) is 6.92 Å². The minimum atomic E-state index is -1.02. The summed E-state index contributed by atoms with van der Waals surface area (Å²) in [6.45, 7) is 1.97. The van der Waals surface area contributed by atoms with Gasteiger partial charge in [0, 0.05) is 5.39 Å². The van der Waals surface area contributed by atoms with Gasteiger partial charge >= 0.3 is 5.97 Å². The second-order valence-corrected chi connectivity index (χ2v) is 5.58. The molecule has 0 aromatic heterocycles. The number of carbonyl (C=O) groups is 1. The van der Waals surface area contributed by atoms with Gasteiger partial charge in [0.05, 0.1) is 11.3 Å². The number of aromatic carboxylic acids is 1. The molecule has 24 heavy (non-hydrogen) atoms. The second-order valence-electron chi connectivity index (χ2n) is 5.58. The Balaban J connectivity index is 1.92. The summed E-state index contributed by atoms with van der Waals surface area (Å²) in [5.41, 5.74) is 2.43. The molecule has 0 aliphatic carbocycles. The summed E-state index contributed by atoms with van der Waals surface area (Å²) < 4.78 is 6.93. The van der Waals surface area contributed by atoms with Crippen molar-refractivity contribution in [1.82, 2.24) is 9.78 Å². The van der Waals surface area contributed by atoms with E-state index in [0.717, 1.165) is 10.9 Å². The zero-order chi connectivity index (χ0) is 16.8. The molecule has 2 aliphatic heterocycles. The maximum absolute atomic E-state index is 12.6. The molecule has 2 aliphatic rings. The standard InChI is InChI=1S/C18H12N2O4/c1-10-2-7-15-12(8-10)9-14-16(24-15)19-20(17(14)21)13-5-3-11(4-6-13)18(22)23/h2-9H,1H3,(H,22,23). The first kappa shape index (κ1) is 14.2. The van der Waals surface area contributed by atoms with Crippen LogP contribution in [0.25, 0.3) is 28.1 Å². The molecule has 6 nitrogen and oxygen atoms in total. The molecule has 0 amide bonds. The van der Waals surface area contributed by atoms with Crippen LogP contribution in [-0.4, -0.2) is 20.9 Å². The van der Waals surface area contributed by atoms with E-state index < -0.39 is 5.97 Å². The topological polar surface area (TPSA) is 85.3 Å². The number of nitrogens with zero attached hydrogens (tertiary/aromatic N) is 2. The highest BCUT2D eigenvalue weighted by Crippen LogP contribution is 2.25. The highest BCUT2D eigenvalue weighted by Gasteiger charge is 2.19. The van der Waals surface area contributed by atoms with Crippen LogP contribution in [0.2, 0.25) is 0 Å². The van der Waals surface area contributed by atoms with Crippen LogP contribution in [0, 0.1) is 6.92 Å². The van der Waals surface area contributed by atoms with Crippen LogP contribution in [0.5, 0.6) is 0 Å². The summed E-state index contributed by atoms with van der Waals surface area (Å²) in [6, 6.07) is 13.4. The van der Waals surface area contributed by atoms with E-state index in [2.05, 4.69) is 5.10 Å². The highest BCUT2D eigenvalue weighted by molar-refractivity contribution is 5.87. The average molecular weight is 320 g/mol. The first-order valence-corrected chi connectivity index (χ1v) is 7.30. The minimum absolute atomic E-state index is 0.147. The van der Waals surface area contributed by atoms with Gasteiger partial charge in [-0.15, -0.1) is 5.10 Å². The number of rotatable bonds is 2. The molecule has 0 saturated heterocycles. The number of fused-ring (bicyclic) bond motifs is 2. The van der Waals surface area contributed by atoms with Gasteiger partial charge in [-0.2, -0.15) is 4.68 Å². The van der Waals surface area contributed by atoms with Crippen LogP contribution in [-0.2, 0) is 0 Å². The van der Waals surface area contributed by atoms with E-state index >= 15 is 0 Å². The third-order valence-corrected chi connectivity index (χ3v) is 3.87. The molecule has 6 heteroatoms. The number of aromatic nitrogens is 2. The van der Waals surface area contributed by atoms with E-state index in [1.807, 2.05) is 25.1 Å². The zero-order valence-corrected chi connectivity index (χ0v) is 12.7. The number of hydrogen-bond donors (Lipinski definition) is 1. The van der Waals surface area contributed by atoms with Gasteiger partial charge < -0.3 is 9.52 Å². The predicted octanol–water partition coefficient (Wildman–Crippen LogP) is 3.09. The van der Waals surface area contributed by atoms with Crippen LogP contribution in [0.1, 0.15) is 15.9 Å². The van der Waals surface area contributed by atoms with Crippen molar-refractivity contribution in [3.8, 4) is 17.1 Å². The van der Waals surface area contributed by atoms with Gasteiger partial charge in [-0.05, 0) is 49.4 Å². The number of carboxylic acid groups (broad SMARTS) is 1. The maximum Gasteiger partial charge on any atom is 0.335 e. The molecule has 0 spiro atoms. The summed E-state index contributed by atoms with van der Waals surface area (Å²) in [6.07, 6.45) is 0. The molecule has 0 saturated carbocycles. The molecule has 0 bridgehead atoms. The first-order chi connectivity index (χ1) is 11.5. The highest BCUT2D eigenvalue weighted by atomic mass is 16.4. The molecule has 0 radical (unpaired) electrons. The zero-order valence-electron chi connectivity index (χ0n) is 12.7. The average Bonchev–Trinajstić information content (AvgIpc) is 2.89. The van der Waals surface area contributed by atoms with Gasteiger partial charge in [-0.25, -0.2) is 4.79 Å². The van der Waals surface area contributed by atoms with Crippen molar-refractivity contribution in [3.63, 3.8) is 0 Å². The lowest BCUT2D eigenvalue weighted by molar-refractivity contribution is 0.0697. The minimum Gasteiger partial charge on any atom is -0.478 e. The van der Waals surface area contributed by atoms with Crippen molar-refractivity contribution >= 4 is 16.9 Å². The lowest BCUT2D eigenvalue weighted by Gasteiger charge is -2.00. The summed E-state index contributed by atoms with van der Waals surface area (Å²) in [5.74, 6) is -0.773. The van der Waals surface area contributed by atoms with Gasteiger partial charge in [0.1, 0.15) is 11.1 Å². The van der Waals surface area contributed by atoms with E-state index in [1.54, 1.807) is 18.2 Å². The second kappa shape index (κ2) is 5.06. The van der Waals surface area contributed by atoms with Gasteiger partial charge in [0.15, 0.2) is 0 Å². The van der Waals surface area contributed by atoms with Crippen LogP contribution in [0.3, 0.4) is 0 Å². The van der Waals surface area contributed by atoms with Gasteiger partial charge in [-0.3, -0.25) is 4.79 Å². The molecular weight excluding hydrogens is 308 g/mol. The smallest absolute Gasteiger partial charge is 0.335 e. The van der Waals surface area contributed by atoms with Crippen molar-refractivity contribution in [3.05, 3.63) is 70.0 Å². The van der Waals surface area contributed by atoms with E-state index in [4.69, 9.17) is 9.52 Å². The SMILES string of the molecule is Cc1ccc2oc3nn(-c4ccc(C(=O)O)cc4)c(=O)c-3cc2c1. The van der Waals surface area contributed by atoms with Crippen molar-refractivity contribution < 1.29 is 14.3 Å². The fraction of sp³-hybridized carbons (Fsp3) is 0.0556. The first-order valence-electron chi connectivity index (χ1n) is 7.30. The predicted molar refractivity (Wildman–Crippen MR) is 87.9 cm³/mol. The van der Waals surface area contributed by atoms with E-state index in [9.17, 15) is 9.59 Å². The van der Waals surface area contributed by atoms with Crippen LogP contribution < -0.4 is 5.56 Å². The van der Waals surface area contributed by atoms with Gasteiger partial charge in [-0.1, -0.05) is 11.6 Å². The molecule has 0 fully saturated rings. The Kier molecular flexibility index (Phi) is 2.99. The Bertz CT molecular complexity index is 1110. The quantitative estimate of drug-likeness (QED) is 0.613. The van der Waals surface area contributed by atoms with Gasteiger partial charge in [0.2, 0.25) is 5.89 Å². The van der Waals surface area contributed by atoms with Crippen LogP contribution in [0.15, 0.2) is 57.7 Å². The van der Waals surface area contributed by atoms with Gasteiger partial charge in [0.25, 0.3) is 5.56 Å². The fourth-order valence-corrected chi connectivity index (χ4v) is 2.65. The van der Waals surface area contributed by atoms with Crippen LogP contribution >= 0.6 is 0 Å². The molecule has 4 rings (SSSR count). The number of carboxylic acids is 1. The number of aryl methyl sites for hydroxylation is 1. The third-order valence-electron chi connectivity index (χ3n) is 3.87. The molecule has 2 aromatic carbocycles. The Hall–Kier alpha value is -3.41. The molecule has 0 unspecified atom stereocenters. The summed E-state index contributed by atoms with van der Waals surface area (Å²) in [7, 11) is 0. The monoisotopic (exact) mass is 320 g/mol. The Morgan fingerprint density at radius 3 is 2.58 bits per heavy atom.